The smallest absolute Gasteiger partial charge is 0.255 e. The first kappa shape index (κ1) is 18.4. The lowest BCUT2D eigenvalue weighted by Crippen LogP contribution is -2.23. The van der Waals surface area contributed by atoms with Gasteiger partial charge in [0.15, 0.2) is 0 Å². The summed E-state index contributed by atoms with van der Waals surface area (Å²) < 4.78 is 33.3. The Labute approximate surface area is 159 Å². The van der Waals surface area contributed by atoms with Gasteiger partial charge in [-0.1, -0.05) is 22.0 Å². The quantitative estimate of drug-likeness (QED) is 0.617. The number of hydrogen-bond donors (Lipinski definition) is 2. The van der Waals surface area contributed by atoms with E-state index in [2.05, 4.69) is 26.0 Å². The molecule has 1 aromatic heterocycles. The van der Waals surface area contributed by atoms with E-state index in [-0.39, 0.29) is 17.0 Å². The van der Waals surface area contributed by atoms with E-state index in [4.69, 9.17) is 4.42 Å². The summed E-state index contributed by atoms with van der Waals surface area (Å²) in [6.45, 7) is 0.0324. The molecule has 0 fully saturated rings. The van der Waals surface area contributed by atoms with Gasteiger partial charge in [-0.05, 0) is 54.6 Å². The Balaban J connectivity index is 1.74. The summed E-state index contributed by atoms with van der Waals surface area (Å²) in [7, 11) is -3.77. The van der Waals surface area contributed by atoms with Crippen LogP contribution < -0.4 is 10.0 Å². The van der Waals surface area contributed by atoms with Gasteiger partial charge in [0.2, 0.25) is 10.0 Å². The van der Waals surface area contributed by atoms with Gasteiger partial charge in [-0.3, -0.25) is 4.79 Å². The van der Waals surface area contributed by atoms with E-state index < -0.39 is 15.9 Å². The van der Waals surface area contributed by atoms with Gasteiger partial charge in [0.1, 0.15) is 5.76 Å². The van der Waals surface area contributed by atoms with Crippen molar-refractivity contribution in [2.75, 3.05) is 5.32 Å². The van der Waals surface area contributed by atoms with E-state index in [1.165, 1.54) is 24.5 Å². The molecule has 134 valence electrons. The van der Waals surface area contributed by atoms with E-state index >= 15 is 0 Å². The molecule has 0 unspecified atom stereocenters. The van der Waals surface area contributed by atoms with Crippen LogP contribution in [0.25, 0.3) is 0 Å². The second kappa shape index (κ2) is 7.86. The summed E-state index contributed by atoms with van der Waals surface area (Å²) in [4.78, 5) is 12.4. The Morgan fingerprint density at radius 1 is 1.04 bits per heavy atom. The van der Waals surface area contributed by atoms with E-state index in [1.807, 2.05) is 0 Å². The van der Waals surface area contributed by atoms with Gasteiger partial charge in [0.25, 0.3) is 5.91 Å². The van der Waals surface area contributed by atoms with E-state index in [1.54, 1.807) is 42.5 Å². The molecule has 0 saturated heterocycles. The molecule has 6 nitrogen and oxygen atoms in total. The number of amides is 1. The van der Waals surface area contributed by atoms with Crippen molar-refractivity contribution in [3.8, 4) is 0 Å². The standard InChI is InChI=1S/C18H15BrN2O4S/c19-14-6-8-15(9-7-14)21-18(22)13-3-1-5-17(11-13)26(23,24)20-12-16-4-2-10-25-16/h1-11,20H,12H2,(H,21,22). The number of rotatable bonds is 6. The van der Waals surface area contributed by atoms with Gasteiger partial charge in [-0.15, -0.1) is 0 Å². The largest absolute Gasteiger partial charge is 0.468 e. The topological polar surface area (TPSA) is 88.4 Å². The highest BCUT2D eigenvalue weighted by molar-refractivity contribution is 9.10. The summed E-state index contributed by atoms with van der Waals surface area (Å²) in [5, 5.41) is 2.73. The number of sulfonamides is 1. The number of anilines is 1. The molecule has 8 heteroatoms. The highest BCUT2D eigenvalue weighted by Crippen LogP contribution is 2.17. The zero-order valence-electron chi connectivity index (χ0n) is 13.5. The summed E-state index contributed by atoms with van der Waals surface area (Å²) in [5.41, 5.74) is 0.858. The Bertz CT molecular complexity index is 1000. The number of benzene rings is 2. The number of hydrogen-bond acceptors (Lipinski definition) is 4. The fraction of sp³-hybridized carbons (Fsp3) is 0.0556. The maximum Gasteiger partial charge on any atom is 0.255 e. The molecule has 3 rings (SSSR count). The monoisotopic (exact) mass is 434 g/mol. The molecule has 3 aromatic rings. The summed E-state index contributed by atoms with van der Waals surface area (Å²) in [5.74, 6) is 0.105. The average Bonchev–Trinajstić information content (AvgIpc) is 3.16. The Hall–Kier alpha value is -2.42. The number of furan rings is 1. The molecular formula is C18H15BrN2O4S. The second-order valence-corrected chi connectivity index (χ2v) is 8.08. The molecule has 0 saturated carbocycles. The van der Waals surface area contributed by atoms with E-state index in [0.717, 1.165) is 4.47 Å². The summed E-state index contributed by atoms with van der Waals surface area (Å²) >= 11 is 3.32. The van der Waals surface area contributed by atoms with Crippen molar-refractivity contribution in [2.45, 2.75) is 11.4 Å². The van der Waals surface area contributed by atoms with Crippen LogP contribution in [0.1, 0.15) is 16.1 Å². The van der Waals surface area contributed by atoms with Gasteiger partial charge in [-0.25, -0.2) is 13.1 Å². The predicted octanol–water partition coefficient (Wildman–Crippen LogP) is 3.77. The van der Waals surface area contributed by atoms with Gasteiger partial charge < -0.3 is 9.73 Å². The molecule has 0 atom stereocenters. The molecule has 26 heavy (non-hydrogen) atoms. The number of nitrogens with one attached hydrogen (secondary N) is 2. The van der Waals surface area contributed by atoms with Crippen molar-refractivity contribution in [1.29, 1.82) is 0 Å². The number of halogens is 1. The third-order valence-electron chi connectivity index (χ3n) is 3.53. The molecule has 0 aliphatic rings. The fourth-order valence-electron chi connectivity index (χ4n) is 2.20. The van der Waals surface area contributed by atoms with Crippen LogP contribution in [0.5, 0.6) is 0 Å². The lowest BCUT2D eigenvalue weighted by Gasteiger charge is -2.09. The van der Waals surface area contributed by atoms with Gasteiger partial charge in [0.05, 0.1) is 17.7 Å². The number of carbonyl (C=O) groups excluding carboxylic acids is 1. The first-order chi connectivity index (χ1) is 12.4. The van der Waals surface area contributed by atoms with E-state index in [0.29, 0.717) is 11.4 Å². The first-order valence-corrected chi connectivity index (χ1v) is 9.91. The molecule has 0 bridgehead atoms. The predicted molar refractivity (Wildman–Crippen MR) is 101 cm³/mol. The first-order valence-electron chi connectivity index (χ1n) is 7.63. The van der Waals surface area contributed by atoms with Crippen LogP contribution in [0.15, 0.2) is 80.7 Å². The third kappa shape index (κ3) is 4.60. The Morgan fingerprint density at radius 3 is 2.50 bits per heavy atom. The maximum atomic E-state index is 12.4. The lowest BCUT2D eigenvalue weighted by molar-refractivity contribution is 0.102. The van der Waals surface area contributed by atoms with Crippen molar-refractivity contribution in [3.63, 3.8) is 0 Å². The third-order valence-corrected chi connectivity index (χ3v) is 5.45. The normalized spacial score (nSPS) is 11.3. The zero-order chi connectivity index (χ0) is 18.6. The molecule has 0 aliphatic carbocycles. The fourth-order valence-corrected chi connectivity index (χ4v) is 3.51. The van der Waals surface area contributed by atoms with Crippen molar-refractivity contribution in [3.05, 3.63) is 82.7 Å². The minimum atomic E-state index is -3.77. The van der Waals surface area contributed by atoms with Crippen molar-refractivity contribution in [2.24, 2.45) is 0 Å². The lowest BCUT2D eigenvalue weighted by atomic mass is 10.2. The highest BCUT2D eigenvalue weighted by Gasteiger charge is 2.16. The van der Waals surface area contributed by atoms with Crippen LogP contribution in [-0.2, 0) is 16.6 Å². The highest BCUT2D eigenvalue weighted by atomic mass is 79.9. The molecule has 1 heterocycles. The molecule has 2 N–H and O–H groups in total. The van der Waals surface area contributed by atoms with Crippen LogP contribution >= 0.6 is 15.9 Å². The van der Waals surface area contributed by atoms with Crippen LogP contribution in [0.2, 0.25) is 0 Å². The number of carbonyl (C=O) groups is 1. The van der Waals surface area contributed by atoms with Crippen molar-refractivity contribution < 1.29 is 17.6 Å². The Morgan fingerprint density at radius 2 is 1.81 bits per heavy atom. The van der Waals surface area contributed by atoms with Crippen molar-refractivity contribution >= 4 is 37.5 Å². The minimum Gasteiger partial charge on any atom is -0.468 e. The van der Waals surface area contributed by atoms with Gasteiger partial charge >= 0.3 is 0 Å². The van der Waals surface area contributed by atoms with Crippen molar-refractivity contribution in [1.82, 2.24) is 4.72 Å². The molecular weight excluding hydrogens is 420 g/mol. The molecule has 1 amide bonds. The second-order valence-electron chi connectivity index (χ2n) is 5.39. The van der Waals surface area contributed by atoms with Crippen LogP contribution in [0.3, 0.4) is 0 Å². The van der Waals surface area contributed by atoms with Crippen LogP contribution in [0, 0.1) is 0 Å². The maximum absolute atomic E-state index is 12.4. The van der Waals surface area contributed by atoms with Crippen LogP contribution in [0.4, 0.5) is 5.69 Å². The molecule has 2 aromatic carbocycles. The molecule has 0 aliphatic heterocycles. The summed E-state index contributed by atoms with van der Waals surface area (Å²) in [6, 6.07) is 16.3. The Kier molecular flexibility index (Phi) is 5.55. The molecule has 0 radical (unpaired) electrons. The van der Waals surface area contributed by atoms with E-state index in [9.17, 15) is 13.2 Å². The average molecular weight is 435 g/mol. The summed E-state index contributed by atoms with van der Waals surface area (Å²) in [6.07, 6.45) is 1.47. The zero-order valence-corrected chi connectivity index (χ0v) is 15.9. The van der Waals surface area contributed by atoms with Crippen LogP contribution in [-0.4, -0.2) is 14.3 Å². The molecule has 0 spiro atoms. The SMILES string of the molecule is O=C(Nc1ccc(Br)cc1)c1cccc(S(=O)(=O)NCc2ccco2)c1. The minimum absolute atomic E-state index is 0.00696. The van der Waals surface area contributed by atoms with Gasteiger partial charge in [-0.2, -0.15) is 0 Å². The van der Waals surface area contributed by atoms with Gasteiger partial charge in [0, 0.05) is 15.7 Å².